The maximum atomic E-state index is 12.1. The summed E-state index contributed by atoms with van der Waals surface area (Å²) in [6.07, 6.45) is 0.460. The Bertz CT molecular complexity index is 1520. The van der Waals surface area contributed by atoms with Crippen molar-refractivity contribution in [2.75, 3.05) is 42.7 Å². The van der Waals surface area contributed by atoms with E-state index in [9.17, 15) is 9.59 Å². The minimum absolute atomic E-state index is 0. The van der Waals surface area contributed by atoms with Crippen LogP contribution in [0, 0.1) is 13.8 Å². The number of phenolic OH excluding ortho intramolecular Hbond substituents is 1. The minimum atomic E-state index is -0.358. The summed E-state index contributed by atoms with van der Waals surface area (Å²) in [5.74, 6) is 3.76. The fourth-order valence-corrected chi connectivity index (χ4v) is 4.25. The molecule has 0 spiro atoms. The van der Waals surface area contributed by atoms with Crippen molar-refractivity contribution < 1.29 is 47.9 Å². The Morgan fingerprint density at radius 3 is 1.22 bits per heavy atom. The smallest absolute Gasteiger partial charge is 0.315 e. The average Bonchev–Trinajstić information content (AvgIpc) is 3.10. The Morgan fingerprint density at radius 2 is 0.920 bits per heavy atom. The molecule has 0 atom stereocenters. The largest absolute Gasteiger partial charge is 0.508 e. The lowest BCUT2D eigenvalue weighted by atomic mass is 10.1. The molecule has 0 saturated carbocycles. The maximum Gasteiger partial charge on any atom is 0.315 e. The number of benzene rings is 4. The molecular formula is C38H48I2O10. The number of phenols is 1. The first-order valence-electron chi connectivity index (χ1n) is 14.7. The highest BCUT2D eigenvalue weighted by atomic mass is 128. The van der Waals surface area contributed by atoms with Crippen LogP contribution in [0.15, 0.2) is 72.8 Å². The van der Waals surface area contributed by atoms with E-state index in [1.54, 1.807) is 76.8 Å². The predicted octanol–water partition coefficient (Wildman–Crippen LogP) is 9.12. The molecule has 0 radical (unpaired) electrons. The third-order valence-electron chi connectivity index (χ3n) is 6.54. The molecule has 0 amide bonds. The van der Waals surface area contributed by atoms with Crippen LogP contribution < -0.4 is 33.2 Å². The van der Waals surface area contributed by atoms with Crippen LogP contribution in [0.2, 0.25) is 0 Å². The molecule has 0 bridgehead atoms. The van der Waals surface area contributed by atoms with E-state index in [4.69, 9.17) is 38.3 Å². The molecule has 4 aromatic rings. The number of halogens is 2. The van der Waals surface area contributed by atoms with Crippen LogP contribution in [0.1, 0.15) is 36.6 Å². The van der Waals surface area contributed by atoms with E-state index in [0.717, 1.165) is 16.7 Å². The summed E-state index contributed by atoms with van der Waals surface area (Å²) in [4.78, 5) is 23.1. The van der Waals surface area contributed by atoms with Crippen molar-refractivity contribution >= 4 is 49.0 Å². The van der Waals surface area contributed by atoms with Crippen LogP contribution in [0.3, 0.4) is 0 Å². The number of ketones is 1. The quantitative estimate of drug-likeness (QED) is 0.0887. The summed E-state index contributed by atoms with van der Waals surface area (Å²) in [6, 6.07) is 21.4. The number of esters is 1. The Morgan fingerprint density at radius 1 is 0.580 bits per heavy atom. The lowest BCUT2D eigenvalue weighted by Gasteiger charge is -2.14. The van der Waals surface area contributed by atoms with E-state index in [1.165, 1.54) is 26.9 Å². The first-order valence-corrected chi connectivity index (χ1v) is 21.0. The number of methoxy groups -OCH3 is 6. The van der Waals surface area contributed by atoms with Crippen molar-refractivity contribution in [1.82, 2.24) is 0 Å². The van der Waals surface area contributed by atoms with Crippen molar-refractivity contribution in [3.05, 3.63) is 95.1 Å². The normalized spacial score (nSPS) is 9.34. The van der Waals surface area contributed by atoms with Crippen molar-refractivity contribution in [2.45, 2.75) is 41.0 Å². The van der Waals surface area contributed by atoms with Crippen molar-refractivity contribution in [2.24, 2.45) is 0 Å². The lowest BCUT2D eigenvalue weighted by molar-refractivity contribution is -0.133. The van der Waals surface area contributed by atoms with Crippen LogP contribution in [-0.4, -0.2) is 59.5 Å². The van der Waals surface area contributed by atoms with Gasteiger partial charge in [0, 0.05) is 43.7 Å². The highest BCUT2D eigenvalue weighted by Gasteiger charge is 2.16. The molecule has 0 saturated heterocycles. The first-order chi connectivity index (χ1) is 23.5. The number of hydrogen-bond acceptors (Lipinski definition) is 10. The highest BCUT2D eigenvalue weighted by molar-refractivity contribution is 15.0. The Hall–Kier alpha value is -3.92. The van der Waals surface area contributed by atoms with Gasteiger partial charge in [0.1, 0.15) is 17.3 Å². The number of aromatic hydroxyl groups is 1. The molecule has 0 aliphatic rings. The zero-order valence-corrected chi connectivity index (χ0v) is 33.5. The second kappa shape index (κ2) is 25.1. The third kappa shape index (κ3) is 15.7. The van der Waals surface area contributed by atoms with Gasteiger partial charge in [-0.3, -0.25) is 9.59 Å². The zero-order valence-electron chi connectivity index (χ0n) is 29.2. The zero-order chi connectivity index (χ0) is 36.9. The number of carbonyl (C=O) groups is 2. The topological polar surface area (TPSA) is 119 Å². The van der Waals surface area contributed by atoms with Crippen molar-refractivity contribution in [3.63, 3.8) is 0 Å². The van der Waals surface area contributed by atoms with Gasteiger partial charge in [0.2, 0.25) is 11.5 Å². The lowest BCUT2D eigenvalue weighted by Crippen LogP contribution is -2.11. The highest BCUT2D eigenvalue weighted by Crippen LogP contribution is 2.39. The Labute approximate surface area is 319 Å². The molecule has 0 unspecified atom stereocenters. The molecule has 0 aliphatic carbocycles. The summed E-state index contributed by atoms with van der Waals surface area (Å²) in [5, 5.41) is 8.76. The average molecular weight is 919 g/mol. The van der Waals surface area contributed by atoms with E-state index in [-0.39, 0.29) is 25.6 Å². The second-order valence-corrected chi connectivity index (χ2v) is 10.2. The molecular weight excluding hydrogens is 870 g/mol. The fraction of sp³-hybridized carbons (Fsp3) is 0.316. The number of Topliss-reactive ketones (excluding diaryl/α,β-unsaturated/α-hetero) is 1. The second-order valence-electron chi connectivity index (χ2n) is 10.2. The molecule has 10 nitrogen and oxygen atoms in total. The number of ether oxygens (including phenoxy) is 7. The van der Waals surface area contributed by atoms with Gasteiger partial charge >= 0.3 is 5.97 Å². The van der Waals surface area contributed by atoms with E-state index in [0.29, 0.717) is 52.4 Å². The van der Waals surface area contributed by atoms with Crippen LogP contribution in [0.25, 0.3) is 0 Å². The van der Waals surface area contributed by atoms with Crippen LogP contribution >= 0.6 is 37.2 Å². The number of rotatable bonds is 11. The minimum Gasteiger partial charge on any atom is -0.508 e. The molecule has 0 aromatic heterocycles. The predicted molar refractivity (Wildman–Crippen MR) is 215 cm³/mol. The standard InChI is InChI=1S/C18H20O5.C12H16O4.C7H8O.CH4.I2/c1-12-5-7-14(8-6-12)23-17(19)11-13-9-15(20-2)18(22-4)16(10-13)21-3;1-8(13)5-9-6-10(14-2)12(16-4)11(7-9)15-3;1-6-2-4-7(8)5-3-6;;1-2/h5-10H,11H2,1-4H3;6-7H,5H2,1-4H3;2-5,8H,1H3;1H4;. The molecule has 0 heterocycles. The number of hydrogen-bond donors (Lipinski definition) is 1. The molecule has 50 heavy (non-hydrogen) atoms. The van der Waals surface area contributed by atoms with Crippen molar-refractivity contribution in [1.29, 1.82) is 0 Å². The number of carbonyl (C=O) groups excluding carboxylic acids is 2. The molecule has 12 heteroatoms. The van der Waals surface area contributed by atoms with Gasteiger partial charge in [-0.15, -0.1) is 0 Å². The monoisotopic (exact) mass is 918 g/mol. The van der Waals surface area contributed by atoms with Gasteiger partial charge in [0.15, 0.2) is 23.0 Å². The van der Waals surface area contributed by atoms with Gasteiger partial charge in [-0.05, 0) is 80.4 Å². The fourth-order valence-electron chi connectivity index (χ4n) is 4.25. The summed E-state index contributed by atoms with van der Waals surface area (Å²) in [6.45, 7) is 5.50. The third-order valence-corrected chi connectivity index (χ3v) is 6.54. The van der Waals surface area contributed by atoms with Gasteiger partial charge in [0.05, 0.1) is 49.1 Å². The Kier molecular flexibility index (Phi) is 23.1. The van der Waals surface area contributed by atoms with E-state index >= 15 is 0 Å². The molecule has 4 aromatic carbocycles. The summed E-state index contributed by atoms with van der Waals surface area (Å²) in [7, 11) is 9.25. The molecule has 4 rings (SSSR count). The van der Waals surface area contributed by atoms with E-state index in [1.807, 2.05) is 38.1 Å². The van der Waals surface area contributed by atoms with Gasteiger partial charge < -0.3 is 38.3 Å². The summed E-state index contributed by atoms with van der Waals surface area (Å²) >= 11 is 4.24. The number of aryl methyl sites for hydroxylation is 2. The molecule has 1 N–H and O–H groups in total. The van der Waals surface area contributed by atoms with Crippen LogP contribution in [0.5, 0.6) is 46.0 Å². The Balaban J connectivity index is 0.000000770. The maximum absolute atomic E-state index is 12.1. The van der Waals surface area contributed by atoms with Crippen LogP contribution in [0.4, 0.5) is 0 Å². The van der Waals surface area contributed by atoms with E-state index < -0.39 is 0 Å². The molecule has 0 fully saturated rings. The van der Waals surface area contributed by atoms with Crippen LogP contribution in [-0.2, 0) is 22.4 Å². The first kappa shape index (κ1) is 46.1. The SMILES string of the molecule is C.COc1cc(CC(=O)Oc2ccc(C)cc2)cc(OC)c1OC.COc1cc(CC(C)=O)cc(OC)c1OC.Cc1ccc(O)cc1.II. The molecule has 0 aliphatic heterocycles. The van der Waals surface area contributed by atoms with Gasteiger partial charge in [-0.2, -0.15) is 0 Å². The van der Waals surface area contributed by atoms with E-state index in [2.05, 4.69) is 37.2 Å². The van der Waals surface area contributed by atoms with Gasteiger partial charge in [0.25, 0.3) is 0 Å². The van der Waals surface area contributed by atoms with Crippen molar-refractivity contribution in [3.8, 4) is 46.0 Å². The summed E-state index contributed by atoms with van der Waals surface area (Å²) in [5.41, 5.74) is 3.84. The summed E-state index contributed by atoms with van der Waals surface area (Å²) < 4.78 is 36.7. The van der Waals surface area contributed by atoms with Gasteiger partial charge in [-0.25, -0.2) is 0 Å². The molecule has 274 valence electrons. The van der Waals surface area contributed by atoms with Gasteiger partial charge in [-0.1, -0.05) is 42.8 Å².